The molecule has 176 valence electrons. The van der Waals surface area contributed by atoms with Crippen LogP contribution in [0.15, 0.2) is 58.5 Å². The molecule has 0 atom stereocenters. The Morgan fingerprint density at radius 1 is 1.09 bits per heavy atom. The molecule has 0 fully saturated rings. The van der Waals surface area contributed by atoms with E-state index >= 15 is 0 Å². The molecule has 2 amide bonds. The van der Waals surface area contributed by atoms with E-state index < -0.39 is 0 Å². The smallest absolute Gasteiger partial charge is 0.290 e. The maximum atomic E-state index is 13.4. The fourth-order valence-electron chi connectivity index (χ4n) is 3.36. The van der Waals surface area contributed by atoms with Crippen LogP contribution in [0.3, 0.4) is 0 Å². The summed E-state index contributed by atoms with van der Waals surface area (Å²) in [5.41, 5.74) is 1.93. The van der Waals surface area contributed by atoms with Crippen molar-refractivity contribution < 1.29 is 23.1 Å². The molecule has 6 nitrogen and oxygen atoms in total. The molecule has 0 N–H and O–H groups in total. The van der Waals surface area contributed by atoms with Crippen molar-refractivity contribution in [3.05, 3.63) is 81.7 Å². The van der Waals surface area contributed by atoms with Crippen LogP contribution in [0.2, 0.25) is 0 Å². The van der Waals surface area contributed by atoms with Crippen molar-refractivity contribution in [2.75, 3.05) is 26.3 Å². The van der Waals surface area contributed by atoms with Crippen LogP contribution >= 0.6 is 11.3 Å². The Hall–Kier alpha value is -2.97. The number of hydrogen-bond donors (Lipinski definition) is 0. The first kappa shape index (κ1) is 24.7. The molecule has 0 bridgehead atoms. The van der Waals surface area contributed by atoms with Crippen molar-refractivity contribution in [3.63, 3.8) is 0 Å². The normalized spacial score (nSPS) is 10.9. The summed E-state index contributed by atoms with van der Waals surface area (Å²) in [5.74, 6) is -0.657. The van der Waals surface area contributed by atoms with Gasteiger partial charge in [-0.15, -0.1) is 11.3 Å². The highest BCUT2D eigenvalue weighted by Crippen LogP contribution is 2.20. The average Bonchev–Trinajstić information content (AvgIpc) is 3.48. The summed E-state index contributed by atoms with van der Waals surface area (Å²) >= 11 is 1.58. The summed E-state index contributed by atoms with van der Waals surface area (Å²) in [6.45, 7) is 6.03. The molecule has 0 radical (unpaired) electrons. The van der Waals surface area contributed by atoms with Crippen molar-refractivity contribution in [2.24, 2.45) is 0 Å². The predicted octanol–water partition coefficient (Wildman–Crippen LogP) is 4.89. The molecule has 2 aromatic heterocycles. The molecular formula is C25H29FN2O4S. The second-order valence-electron chi connectivity index (χ2n) is 7.66. The molecule has 0 spiro atoms. The first-order chi connectivity index (χ1) is 16.0. The number of hydrogen-bond acceptors (Lipinski definition) is 5. The number of amides is 2. The van der Waals surface area contributed by atoms with E-state index in [1.807, 2.05) is 25.3 Å². The van der Waals surface area contributed by atoms with Gasteiger partial charge in [0.2, 0.25) is 5.91 Å². The Kier molecular flexibility index (Phi) is 9.21. The summed E-state index contributed by atoms with van der Waals surface area (Å²) < 4.78 is 24.0. The third-order valence-corrected chi connectivity index (χ3v) is 6.22. The van der Waals surface area contributed by atoms with Crippen LogP contribution in [0.25, 0.3) is 0 Å². The number of ether oxygens (including phenoxy) is 1. The molecule has 0 unspecified atom stereocenters. The van der Waals surface area contributed by atoms with Crippen LogP contribution in [0, 0.1) is 12.7 Å². The molecule has 33 heavy (non-hydrogen) atoms. The molecule has 8 heteroatoms. The van der Waals surface area contributed by atoms with E-state index in [4.69, 9.17) is 9.15 Å². The number of furan rings is 1. The Bertz CT molecular complexity index is 1020. The number of rotatable bonds is 12. The van der Waals surface area contributed by atoms with Crippen molar-refractivity contribution >= 4 is 23.2 Å². The minimum Gasteiger partial charge on any atom is -0.459 e. The first-order valence-corrected chi connectivity index (χ1v) is 11.8. The van der Waals surface area contributed by atoms with E-state index in [0.717, 1.165) is 16.0 Å². The minimum atomic E-state index is -0.334. The van der Waals surface area contributed by atoms with Gasteiger partial charge in [-0.3, -0.25) is 9.59 Å². The van der Waals surface area contributed by atoms with E-state index in [2.05, 4.69) is 0 Å². The topological polar surface area (TPSA) is 63.0 Å². The molecule has 0 saturated carbocycles. The van der Waals surface area contributed by atoms with E-state index in [-0.39, 0.29) is 29.9 Å². The van der Waals surface area contributed by atoms with E-state index in [9.17, 15) is 14.0 Å². The van der Waals surface area contributed by atoms with E-state index in [1.54, 1.807) is 40.5 Å². The van der Waals surface area contributed by atoms with Gasteiger partial charge in [-0.05, 0) is 67.1 Å². The predicted molar refractivity (Wildman–Crippen MR) is 125 cm³/mol. The number of carbonyl (C=O) groups is 2. The van der Waals surface area contributed by atoms with Gasteiger partial charge in [-0.2, -0.15) is 0 Å². The second-order valence-corrected chi connectivity index (χ2v) is 8.66. The molecule has 1 aromatic carbocycles. The third kappa shape index (κ3) is 7.27. The third-order valence-electron chi connectivity index (χ3n) is 5.21. The number of aryl methyl sites for hydroxylation is 1. The molecule has 0 saturated heterocycles. The van der Waals surface area contributed by atoms with E-state index in [1.165, 1.54) is 23.3 Å². The molecule has 0 aliphatic rings. The lowest BCUT2D eigenvalue weighted by atomic mass is 10.2. The van der Waals surface area contributed by atoms with Crippen LogP contribution in [0.4, 0.5) is 4.39 Å². The van der Waals surface area contributed by atoms with Gasteiger partial charge in [0.1, 0.15) is 12.4 Å². The second kappa shape index (κ2) is 12.3. The van der Waals surface area contributed by atoms with Gasteiger partial charge < -0.3 is 19.0 Å². The Morgan fingerprint density at radius 2 is 1.88 bits per heavy atom. The van der Waals surface area contributed by atoms with Gasteiger partial charge in [0.25, 0.3) is 5.91 Å². The Balaban J connectivity index is 1.77. The van der Waals surface area contributed by atoms with Crippen LogP contribution in [-0.4, -0.2) is 47.9 Å². The standard InChI is InChI=1S/C25H29FN2O4S/c1-3-31-13-5-12-27(25(30)22-6-4-14-32-22)18-24(29)28(17-23-19(2)11-15-33-23)16-20-7-9-21(26)10-8-20/h4,6-11,14-15H,3,5,12-13,16-18H2,1-2H3. The van der Waals surface area contributed by atoms with Crippen LogP contribution in [0.1, 0.15) is 39.9 Å². The molecule has 2 heterocycles. The number of carbonyl (C=O) groups excluding carboxylic acids is 2. The summed E-state index contributed by atoms with van der Waals surface area (Å²) in [4.78, 5) is 30.7. The lowest BCUT2D eigenvalue weighted by Crippen LogP contribution is -2.43. The highest BCUT2D eigenvalue weighted by atomic mass is 32.1. The Morgan fingerprint density at radius 3 is 2.52 bits per heavy atom. The molecule has 0 aliphatic carbocycles. The number of halogens is 1. The molecule has 0 aliphatic heterocycles. The van der Waals surface area contributed by atoms with Crippen LogP contribution < -0.4 is 0 Å². The largest absolute Gasteiger partial charge is 0.459 e. The van der Waals surface area contributed by atoms with Crippen molar-refractivity contribution in [3.8, 4) is 0 Å². The van der Waals surface area contributed by atoms with Crippen LogP contribution in [0.5, 0.6) is 0 Å². The highest BCUT2D eigenvalue weighted by Gasteiger charge is 2.24. The SMILES string of the molecule is CCOCCCN(CC(=O)N(Cc1ccc(F)cc1)Cc1sccc1C)C(=O)c1ccco1. The van der Waals surface area contributed by atoms with Crippen molar-refractivity contribution in [2.45, 2.75) is 33.4 Å². The maximum absolute atomic E-state index is 13.4. The zero-order valence-corrected chi connectivity index (χ0v) is 19.8. The number of thiophene rings is 1. The lowest BCUT2D eigenvalue weighted by Gasteiger charge is -2.27. The number of nitrogens with zero attached hydrogens (tertiary/aromatic N) is 2. The maximum Gasteiger partial charge on any atom is 0.290 e. The molecule has 3 rings (SSSR count). The van der Waals surface area contributed by atoms with Gasteiger partial charge >= 0.3 is 0 Å². The lowest BCUT2D eigenvalue weighted by molar-refractivity contribution is -0.133. The fraction of sp³-hybridized carbons (Fsp3) is 0.360. The highest BCUT2D eigenvalue weighted by molar-refractivity contribution is 7.10. The zero-order chi connectivity index (χ0) is 23.6. The van der Waals surface area contributed by atoms with Gasteiger partial charge in [0, 0.05) is 31.2 Å². The minimum absolute atomic E-state index is 0.0860. The fourth-order valence-corrected chi connectivity index (χ4v) is 4.28. The van der Waals surface area contributed by atoms with Gasteiger partial charge in [0.15, 0.2) is 5.76 Å². The molecular weight excluding hydrogens is 443 g/mol. The van der Waals surface area contributed by atoms with Crippen molar-refractivity contribution in [1.29, 1.82) is 0 Å². The molecule has 3 aromatic rings. The van der Waals surface area contributed by atoms with Gasteiger partial charge in [0.05, 0.1) is 12.8 Å². The number of benzene rings is 1. The summed E-state index contributed by atoms with van der Waals surface area (Å²) in [6.07, 6.45) is 2.05. The average molecular weight is 473 g/mol. The zero-order valence-electron chi connectivity index (χ0n) is 19.0. The first-order valence-electron chi connectivity index (χ1n) is 10.9. The monoisotopic (exact) mass is 472 g/mol. The van der Waals surface area contributed by atoms with E-state index in [0.29, 0.717) is 39.3 Å². The van der Waals surface area contributed by atoms with Gasteiger partial charge in [-0.1, -0.05) is 12.1 Å². The summed E-state index contributed by atoms with van der Waals surface area (Å²) in [5, 5.41) is 1.99. The van der Waals surface area contributed by atoms with Crippen LogP contribution in [-0.2, 0) is 22.6 Å². The van der Waals surface area contributed by atoms with Crippen molar-refractivity contribution in [1.82, 2.24) is 9.80 Å². The Labute approximate surface area is 197 Å². The van der Waals surface area contributed by atoms with Gasteiger partial charge in [-0.25, -0.2) is 4.39 Å². The summed E-state index contributed by atoms with van der Waals surface area (Å²) in [7, 11) is 0. The quantitative estimate of drug-likeness (QED) is 0.352. The summed E-state index contributed by atoms with van der Waals surface area (Å²) in [6, 6.07) is 11.4.